The Kier molecular flexibility index (Phi) is 2.52. The number of rotatable bonds is 1. The number of hydrogen-bond acceptors (Lipinski definition) is 2. The summed E-state index contributed by atoms with van der Waals surface area (Å²) in [7, 11) is 0. The van der Waals surface area contributed by atoms with Gasteiger partial charge in [0.2, 0.25) is 5.28 Å². The summed E-state index contributed by atoms with van der Waals surface area (Å²) in [5, 5.41) is -0.0547. The highest BCUT2D eigenvalue weighted by Crippen LogP contribution is 2.20. The summed E-state index contributed by atoms with van der Waals surface area (Å²) in [4.78, 5) is 6.84. The Morgan fingerprint density at radius 1 is 1.25 bits per heavy atom. The Balaban J connectivity index is 2.71. The molecule has 0 saturated heterocycles. The van der Waals surface area contributed by atoms with E-state index in [2.05, 4.69) is 9.97 Å². The standard InChI is InChI=1S/C6H4ClF3N2/c7-5-11-2-4(3-12-5)1-6(8,9)10/h2-3H,1H2. The molecule has 0 spiro atoms. The van der Waals surface area contributed by atoms with Gasteiger partial charge in [0, 0.05) is 12.4 Å². The van der Waals surface area contributed by atoms with Crippen LogP contribution in [-0.2, 0) is 6.42 Å². The van der Waals surface area contributed by atoms with Crippen LogP contribution in [0, 0.1) is 0 Å². The van der Waals surface area contributed by atoms with Crippen LogP contribution in [0.15, 0.2) is 12.4 Å². The molecule has 0 fully saturated rings. The molecule has 0 N–H and O–H groups in total. The summed E-state index contributed by atoms with van der Waals surface area (Å²) in [6.07, 6.45) is -3.13. The highest BCUT2D eigenvalue weighted by molar-refractivity contribution is 6.28. The van der Waals surface area contributed by atoms with Crippen molar-refractivity contribution in [2.75, 3.05) is 0 Å². The molecular formula is C6H4ClF3N2. The van der Waals surface area contributed by atoms with Crippen molar-refractivity contribution in [3.8, 4) is 0 Å². The van der Waals surface area contributed by atoms with Gasteiger partial charge in [0.25, 0.3) is 0 Å². The van der Waals surface area contributed by atoms with Gasteiger partial charge in [0.1, 0.15) is 0 Å². The average Bonchev–Trinajstić information content (AvgIpc) is 1.91. The van der Waals surface area contributed by atoms with Gasteiger partial charge in [-0.2, -0.15) is 13.2 Å². The van der Waals surface area contributed by atoms with Gasteiger partial charge in [-0.05, 0) is 17.2 Å². The maximum atomic E-state index is 11.8. The van der Waals surface area contributed by atoms with E-state index < -0.39 is 12.6 Å². The monoisotopic (exact) mass is 196 g/mol. The molecule has 2 nitrogen and oxygen atoms in total. The van der Waals surface area contributed by atoms with E-state index in [1.807, 2.05) is 0 Å². The molecule has 0 aliphatic rings. The number of halogens is 4. The molecule has 0 unspecified atom stereocenters. The summed E-state index contributed by atoms with van der Waals surface area (Å²) in [6.45, 7) is 0. The Bertz CT molecular complexity index is 256. The quantitative estimate of drug-likeness (QED) is 0.644. The van der Waals surface area contributed by atoms with Crippen molar-refractivity contribution in [2.45, 2.75) is 12.6 Å². The lowest BCUT2D eigenvalue weighted by molar-refractivity contribution is -0.127. The lowest BCUT2D eigenvalue weighted by Gasteiger charge is -2.04. The third-order valence-electron chi connectivity index (χ3n) is 1.08. The molecule has 1 heterocycles. The first-order chi connectivity index (χ1) is 5.47. The van der Waals surface area contributed by atoms with Crippen molar-refractivity contribution >= 4 is 11.6 Å². The van der Waals surface area contributed by atoms with Crippen molar-refractivity contribution in [3.05, 3.63) is 23.2 Å². The Labute approximate surface area is 71.4 Å². The van der Waals surface area contributed by atoms with Gasteiger partial charge < -0.3 is 0 Å². The normalized spacial score (nSPS) is 11.7. The van der Waals surface area contributed by atoms with Gasteiger partial charge >= 0.3 is 6.18 Å². The van der Waals surface area contributed by atoms with E-state index in [1.54, 1.807) is 0 Å². The lowest BCUT2D eigenvalue weighted by Crippen LogP contribution is -2.11. The molecule has 0 aliphatic heterocycles. The number of alkyl halides is 3. The van der Waals surface area contributed by atoms with Crippen molar-refractivity contribution in [2.24, 2.45) is 0 Å². The van der Waals surface area contributed by atoms with Crippen LogP contribution in [0.25, 0.3) is 0 Å². The van der Waals surface area contributed by atoms with Crippen LogP contribution < -0.4 is 0 Å². The molecule has 0 bridgehead atoms. The van der Waals surface area contributed by atoms with Crippen LogP contribution in [-0.4, -0.2) is 16.1 Å². The fourth-order valence-corrected chi connectivity index (χ4v) is 0.759. The van der Waals surface area contributed by atoms with Crippen molar-refractivity contribution in [3.63, 3.8) is 0 Å². The van der Waals surface area contributed by atoms with Gasteiger partial charge in [-0.25, -0.2) is 9.97 Å². The molecule has 1 aromatic rings. The van der Waals surface area contributed by atoms with Gasteiger partial charge in [-0.3, -0.25) is 0 Å². The van der Waals surface area contributed by atoms with Crippen LogP contribution in [0.5, 0.6) is 0 Å². The predicted molar refractivity (Wildman–Crippen MR) is 36.8 cm³/mol. The molecule has 0 atom stereocenters. The summed E-state index contributed by atoms with van der Waals surface area (Å²) >= 11 is 5.28. The van der Waals surface area contributed by atoms with Crippen LogP contribution in [0.1, 0.15) is 5.56 Å². The first-order valence-corrected chi connectivity index (χ1v) is 3.38. The molecule has 0 saturated carbocycles. The second-order valence-corrected chi connectivity index (χ2v) is 2.49. The van der Waals surface area contributed by atoms with Crippen LogP contribution in [0.4, 0.5) is 13.2 Å². The Morgan fingerprint density at radius 3 is 2.17 bits per heavy atom. The molecule has 12 heavy (non-hydrogen) atoms. The Morgan fingerprint density at radius 2 is 1.75 bits per heavy atom. The third kappa shape index (κ3) is 3.04. The summed E-state index contributed by atoms with van der Waals surface area (Å²) in [5.41, 5.74) is 0.00639. The van der Waals surface area contributed by atoms with Crippen LogP contribution in [0.3, 0.4) is 0 Å². The van der Waals surface area contributed by atoms with E-state index in [0.717, 1.165) is 12.4 Å². The summed E-state index contributed by atoms with van der Waals surface area (Å²) in [5.74, 6) is 0. The van der Waals surface area contributed by atoms with Crippen molar-refractivity contribution < 1.29 is 13.2 Å². The zero-order valence-corrected chi connectivity index (χ0v) is 6.52. The maximum Gasteiger partial charge on any atom is 0.393 e. The first kappa shape index (κ1) is 9.25. The van der Waals surface area contributed by atoms with Gasteiger partial charge in [-0.1, -0.05) is 0 Å². The van der Waals surface area contributed by atoms with Crippen molar-refractivity contribution in [1.82, 2.24) is 9.97 Å². The molecule has 66 valence electrons. The number of hydrogen-bond donors (Lipinski definition) is 0. The minimum atomic E-state index is -4.23. The predicted octanol–water partition coefficient (Wildman–Crippen LogP) is 2.23. The molecule has 6 heteroatoms. The lowest BCUT2D eigenvalue weighted by atomic mass is 10.2. The molecule has 0 aliphatic carbocycles. The minimum absolute atomic E-state index is 0.00639. The molecule has 0 radical (unpaired) electrons. The zero-order valence-electron chi connectivity index (χ0n) is 5.77. The average molecular weight is 197 g/mol. The van der Waals surface area contributed by atoms with E-state index >= 15 is 0 Å². The zero-order chi connectivity index (χ0) is 9.19. The third-order valence-corrected chi connectivity index (χ3v) is 1.27. The molecule has 0 amide bonds. The second kappa shape index (κ2) is 3.26. The smallest absolute Gasteiger partial charge is 0.226 e. The number of aromatic nitrogens is 2. The fourth-order valence-electron chi connectivity index (χ4n) is 0.662. The maximum absolute atomic E-state index is 11.8. The SMILES string of the molecule is FC(F)(F)Cc1cnc(Cl)nc1. The highest BCUT2D eigenvalue weighted by Gasteiger charge is 2.27. The molecular weight excluding hydrogens is 193 g/mol. The van der Waals surface area contributed by atoms with Crippen molar-refractivity contribution in [1.29, 1.82) is 0 Å². The van der Waals surface area contributed by atoms with Gasteiger partial charge in [0.15, 0.2) is 0 Å². The molecule has 1 rings (SSSR count). The van der Waals surface area contributed by atoms with E-state index in [4.69, 9.17) is 11.6 Å². The van der Waals surface area contributed by atoms with E-state index in [1.165, 1.54) is 0 Å². The summed E-state index contributed by atoms with van der Waals surface area (Å²) < 4.78 is 35.3. The fraction of sp³-hybridized carbons (Fsp3) is 0.333. The highest BCUT2D eigenvalue weighted by atomic mass is 35.5. The number of nitrogens with zero attached hydrogens (tertiary/aromatic N) is 2. The first-order valence-electron chi connectivity index (χ1n) is 3.00. The molecule has 1 aromatic heterocycles. The van der Waals surface area contributed by atoms with Crippen LogP contribution in [0.2, 0.25) is 5.28 Å². The topological polar surface area (TPSA) is 25.8 Å². The molecule has 0 aromatic carbocycles. The largest absolute Gasteiger partial charge is 0.393 e. The van der Waals surface area contributed by atoms with E-state index in [9.17, 15) is 13.2 Å². The van der Waals surface area contributed by atoms with E-state index in [-0.39, 0.29) is 10.8 Å². The second-order valence-electron chi connectivity index (χ2n) is 2.15. The summed E-state index contributed by atoms with van der Waals surface area (Å²) in [6, 6.07) is 0. The van der Waals surface area contributed by atoms with Gasteiger partial charge in [0.05, 0.1) is 6.42 Å². The Hall–Kier alpha value is -0.840. The van der Waals surface area contributed by atoms with E-state index in [0.29, 0.717) is 0 Å². The van der Waals surface area contributed by atoms with Crippen LogP contribution >= 0.6 is 11.6 Å². The van der Waals surface area contributed by atoms with Gasteiger partial charge in [-0.15, -0.1) is 0 Å². The minimum Gasteiger partial charge on any atom is -0.226 e.